The van der Waals surface area contributed by atoms with Crippen molar-refractivity contribution in [3.8, 4) is 0 Å². The lowest BCUT2D eigenvalue weighted by Gasteiger charge is -2.24. The Balaban J connectivity index is 2.49. The lowest BCUT2D eigenvalue weighted by Crippen LogP contribution is -2.31. The molecule has 1 aromatic rings. The van der Waals surface area contributed by atoms with Crippen LogP contribution in [0.15, 0.2) is 24.3 Å². The van der Waals surface area contributed by atoms with Crippen LogP contribution in [-0.4, -0.2) is 30.3 Å². The fourth-order valence-electron chi connectivity index (χ4n) is 2.36. The van der Waals surface area contributed by atoms with E-state index in [1.807, 2.05) is 12.1 Å². The maximum atomic E-state index is 12.2. The summed E-state index contributed by atoms with van der Waals surface area (Å²) in [6.45, 7) is 9.55. The van der Waals surface area contributed by atoms with Crippen molar-refractivity contribution in [2.24, 2.45) is 5.92 Å². The van der Waals surface area contributed by atoms with E-state index in [1.165, 1.54) is 12.8 Å². The van der Waals surface area contributed by atoms with Crippen molar-refractivity contribution < 1.29 is 4.79 Å². The molecule has 0 saturated carbocycles. The van der Waals surface area contributed by atoms with Gasteiger partial charge in [-0.1, -0.05) is 57.3 Å². The highest BCUT2D eigenvalue weighted by molar-refractivity contribution is 6.31. The van der Waals surface area contributed by atoms with Gasteiger partial charge in [0.1, 0.15) is 0 Å². The van der Waals surface area contributed by atoms with E-state index in [4.69, 9.17) is 11.6 Å². The molecule has 0 radical (unpaired) electrons. The van der Waals surface area contributed by atoms with Gasteiger partial charge < -0.3 is 4.90 Å². The third kappa shape index (κ3) is 5.64. The van der Waals surface area contributed by atoms with Crippen molar-refractivity contribution in [3.63, 3.8) is 0 Å². The highest BCUT2D eigenvalue weighted by Crippen LogP contribution is 2.14. The zero-order chi connectivity index (χ0) is 15.0. The summed E-state index contributed by atoms with van der Waals surface area (Å²) in [6, 6.07) is 7.22. The highest BCUT2D eigenvalue weighted by atomic mass is 35.5. The summed E-state index contributed by atoms with van der Waals surface area (Å²) in [5.74, 6) is 0.909. The molecule has 0 aromatic heterocycles. The molecule has 0 amide bonds. The molecule has 0 heterocycles. The highest BCUT2D eigenvalue weighted by Gasteiger charge is 2.12. The third-order valence-electron chi connectivity index (χ3n) is 3.92. The molecular weight excluding hydrogens is 270 g/mol. The van der Waals surface area contributed by atoms with E-state index in [0.717, 1.165) is 31.1 Å². The number of carbonyl (C=O) groups excluding carboxylic acids is 1. The Morgan fingerprint density at radius 2 is 1.95 bits per heavy atom. The van der Waals surface area contributed by atoms with Gasteiger partial charge >= 0.3 is 0 Å². The number of benzene rings is 1. The maximum Gasteiger partial charge on any atom is 0.164 e. The molecule has 0 saturated heterocycles. The van der Waals surface area contributed by atoms with Crippen molar-refractivity contribution in [2.75, 3.05) is 19.6 Å². The van der Waals surface area contributed by atoms with Gasteiger partial charge in [0, 0.05) is 30.1 Å². The molecule has 0 spiro atoms. The van der Waals surface area contributed by atoms with Gasteiger partial charge in [-0.05, 0) is 24.6 Å². The van der Waals surface area contributed by atoms with Crippen molar-refractivity contribution in [1.29, 1.82) is 0 Å². The van der Waals surface area contributed by atoms with Crippen LogP contribution in [0.3, 0.4) is 0 Å². The molecule has 0 aliphatic heterocycles. The molecule has 0 unspecified atom stereocenters. The number of rotatable bonds is 9. The van der Waals surface area contributed by atoms with Crippen molar-refractivity contribution >= 4 is 17.4 Å². The molecule has 20 heavy (non-hydrogen) atoms. The van der Waals surface area contributed by atoms with Crippen LogP contribution < -0.4 is 0 Å². The van der Waals surface area contributed by atoms with Crippen LogP contribution in [0.2, 0.25) is 5.02 Å². The lowest BCUT2D eigenvalue weighted by atomic mass is 10.0. The second-order valence-corrected chi connectivity index (χ2v) is 5.70. The first-order valence-electron chi connectivity index (χ1n) is 7.61. The largest absolute Gasteiger partial charge is 0.303 e. The van der Waals surface area contributed by atoms with Crippen molar-refractivity contribution in [2.45, 2.75) is 40.0 Å². The predicted octanol–water partition coefficient (Wildman–Crippen LogP) is 4.67. The molecule has 0 N–H and O–H groups in total. The maximum absolute atomic E-state index is 12.2. The van der Waals surface area contributed by atoms with Crippen molar-refractivity contribution in [3.05, 3.63) is 34.9 Å². The average Bonchev–Trinajstić information content (AvgIpc) is 2.47. The average molecular weight is 296 g/mol. The standard InChI is InChI=1S/C17H26ClNO/c1-4-14(5-2)13-19(6-3)11-10-17(20)15-8-7-9-16(18)12-15/h7-9,12,14H,4-6,10-11,13H2,1-3H3. The predicted molar refractivity (Wildman–Crippen MR) is 86.6 cm³/mol. The Kier molecular flexibility index (Phi) is 7.86. The minimum atomic E-state index is 0.176. The number of ketones is 1. The van der Waals surface area contributed by atoms with Crippen LogP contribution in [0.4, 0.5) is 0 Å². The quantitative estimate of drug-likeness (QED) is 0.617. The molecule has 0 atom stereocenters. The summed E-state index contributed by atoms with van der Waals surface area (Å²) >= 11 is 5.92. The lowest BCUT2D eigenvalue weighted by molar-refractivity contribution is 0.0960. The third-order valence-corrected chi connectivity index (χ3v) is 4.16. The van der Waals surface area contributed by atoms with Gasteiger partial charge in [0.15, 0.2) is 5.78 Å². The topological polar surface area (TPSA) is 20.3 Å². The SMILES string of the molecule is CCC(CC)CN(CC)CCC(=O)c1cccc(Cl)c1. The van der Waals surface area contributed by atoms with E-state index in [2.05, 4.69) is 25.7 Å². The van der Waals surface area contributed by atoms with Gasteiger partial charge in [0.25, 0.3) is 0 Å². The summed E-state index contributed by atoms with van der Waals surface area (Å²) < 4.78 is 0. The van der Waals surface area contributed by atoms with Gasteiger partial charge in [-0.3, -0.25) is 4.79 Å². The fourth-order valence-corrected chi connectivity index (χ4v) is 2.55. The molecule has 0 aliphatic carbocycles. The van der Waals surface area contributed by atoms with Gasteiger partial charge in [0.05, 0.1) is 0 Å². The van der Waals surface area contributed by atoms with E-state index in [0.29, 0.717) is 11.4 Å². The number of halogens is 1. The van der Waals surface area contributed by atoms with Gasteiger partial charge in [-0.15, -0.1) is 0 Å². The number of Topliss-reactive ketones (excluding diaryl/α,β-unsaturated/α-hetero) is 1. The minimum absolute atomic E-state index is 0.176. The summed E-state index contributed by atoms with van der Waals surface area (Å²) in [7, 11) is 0. The molecule has 0 fully saturated rings. The first-order valence-corrected chi connectivity index (χ1v) is 7.99. The first-order chi connectivity index (χ1) is 9.60. The molecule has 1 aromatic carbocycles. The fraction of sp³-hybridized carbons (Fsp3) is 0.588. The molecule has 3 heteroatoms. The number of hydrogen-bond acceptors (Lipinski definition) is 2. The van der Waals surface area contributed by atoms with E-state index < -0.39 is 0 Å². The Morgan fingerprint density at radius 1 is 1.25 bits per heavy atom. The number of carbonyl (C=O) groups is 1. The molecule has 2 nitrogen and oxygen atoms in total. The number of hydrogen-bond donors (Lipinski definition) is 0. The van der Waals surface area contributed by atoms with Gasteiger partial charge in [-0.25, -0.2) is 0 Å². The second kappa shape index (κ2) is 9.15. The van der Waals surface area contributed by atoms with E-state index >= 15 is 0 Å². The van der Waals surface area contributed by atoms with E-state index in [1.54, 1.807) is 12.1 Å². The first kappa shape index (κ1) is 17.2. The molecule has 0 bridgehead atoms. The zero-order valence-corrected chi connectivity index (χ0v) is 13.6. The minimum Gasteiger partial charge on any atom is -0.303 e. The van der Waals surface area contributed by atoms with E-state index in [9.17, 15) is 4.79 Å². The van der Waals surface area contributed by atoms with Crippen molar-refractivity contribution in [1.82, 2.24) is 4.90 Å². The molecule has 1 rings (SSSR count). The van der Waals surface area contributed by atoms with Gasteiger partial charge in [0.2, 0.25) is 0 Å². The summed E-state index contributed by atoms with van der Waals surface area (Å²) in [5, 5.41) is 0.625. The second-order valence-electron chi connectivity index (χ2n) is 5.26. The summed E-state index contributed by atoms with van der Waals surface area (Å²) in [5.41, 5.74) is 0.719. The van der Waals surface area contributed by atoms with Crippen LogP contribution in [0.25, 0.3) is 0 Å². The van der Waals surface area contributed by atoms with Crippen LogP contribution in [0.5, 0.6) is 0 Å². The zero-order valence-electron chi connectivity index (χ0n) is 12.9. The normalized spacial score (nSPS) is 11.3. The Bertz CT molecular complexity index is 415. The molecule has 112 valence electrons. The van der Waals surface area contributed by atoms with Crippen LogP contribution in [0, 0.1) is 5.92 Å². The van der Waals surface area contributed by atoms with Gasteiger partial charge in [-0.2, -0.15) is 0 Å². The van der Waals surface area contributed by atoms with Crippen LogP contribution in [0.1, 0.15) is 50.4 Å². The Hall–Kier alpha value is -0.860. The smallest absolute Gasteiger partial charge is 0.164 e. The summed E-state index contributed by atoms with van der Waals surface area (Å²) in [4.78, 5) is 14.5. The number of nitrogens with zero attached hydrogens (tertiary/aromatic N) is 1. The molecular formula is C17H26ClNO. The monoisotopic (exact) mass is 295 g/mol. The Labute approximate surface area is 128 Å². The van der Waals surface area contributed by atoms with Crippen LogP contribution >= 0.6 is 11.6 Å². The van der Waals surface area contributed by atoms with E-state index in [-0.39, 0.29) is 5.78 Å². The Morgan fingerprint density at radius 3 is 2.50 bits per heavy atom. The summed E-state index contributed by atoms with van der Waals surface area (Å²) in [6.07, 6.45) is 2.97. The van der Waals surface area contributed by atoms with Crippen LogP contribution in [-0.2, 0) is 0 Å². The molecule has 0 aliphatic rings.